The van der Waals surface area contributed by atoms with Crippen molar-refractivity contribution in [1.82, 2.24) is 15.3 Å². The summed E-state index contributed by atoms with van der Waals surface area (Å²) in [6.45, 7) is 14.6. The SMILES string of the molecule is C=C(N)CN(NC(=C)CN(C)CCC)C(=C)CF. The van der Waals surface area contributed by atoms with E-state index in [1.54, 1.807) is 0 Å². The van der Waals surface area contributed by atoms with Crippen LogP contribution in [0, 0.1) is 0 Å². The van der Waals surface area contributed by atoms with Crippen LogP contribution in [0.2, 0.25) is 0 Å². The van der Waals surface area contributed by atoms with Gasteiger partial charge in [0.05, 0.1) is 12.2 Å². The van der Waals surface area contributed by atoms with Crippen molar-refractivity contribution < 1.29 is 4.39 Å². The fourth-order valence-electron chi connectivity index (χ4n) is 1.52. The Bertz CT molecular complexity index is 301. The number of alkyl halides is 1. The number of halogens is 1. The predicted octanol–water partition coefficient (Wildman–Crippen LogP) is 1.60. The summed E-state index contributed by atoms with van der Waals surface area (Å²) >= 11 is 0. The molecule has 0 spiro atoms. The number of rotatable bonds is 10. The molecule has 3 N–H and O–H groups in total. The van der Waals surface area contributed by atoms with Crippen molar-refractivity contribution in [2.75, 3.05) is 33.4 Å². The van der Waals surface area contributed by atoms with Crippen LogP contribution in [-0.4, -0.2) is 43.3 Å². The highest BCUT2D eigenvalue weighted by molar-refractivity contribution is 5.04. The van der Waals surface area contributed by atoms with Crippen LogP contribution in [0.3, 0.4) is 0 Å². The van der Waals surface area contributed by atoms with Crippen LogP contribution in [0.25, 0.3) is 0 Å². The minimum atomic E-state index is -0.641. The summed E-state index contributed by atoms with van der Waals surface area (Å²) in [5.74, 6) is 0. The minimum Gasteiger partial charge on any atom is -0.401 e. The first-order valence-corrected chi connectivity index (χ1v) is 5.98. The first kappa shape index (κ1) is 16.5. The van der Waals surface area contributed by atoms with Gasteiger partial charge < -0.3 is 16.1 Å². The van der Waals surface area contributed by atoms with Crippen molar-refractivity contribution in [3.05, 3.63) is 36.8 Å². The third kappa shape index (κ3) is 6.96. The molecule has 0 saturated carbocycles. The highest BCUT2D eigenvalue weighted by atomic mass is 19.1. The van der Waals surface area contributed by atoms with Gasteiger partial charge in [-0.25, -0.2) is 4.39 Å². The Labute approximate surface area is 110 Å². The summed E-state index contributed by atoms with van der Waals surface area (Å²) in [6, 6.07) is 0. The summed E-state index contributed by atoms with van der Waals surface area (Å²) < 4.78 is 12.6. The molecule has 0 bridgehead atoms. The third-order valence-corrected chi connectivity index (χ3v) is 2.26. The van der Waals surface area contributed by atoms with Gasteiger partial charge in [-0.2, -0.15) is 0 Å². The quantitative estimate of drug-likeness (QED) is 0.583. The minimum absolute atomic E-state index is 0.305. The molecular weight excluding hydrogens is 231 g/mol. The van der Waals surface area contributed by atoms with E-state index >= 15 is 0 Å². The molecule has 0 aromatic heterocycles. The second kappa shape index (κ2) is 8.58. The van der Waals surface area contributed by atoms with E-state index in [0.29, 0.717) is 24.5 Å². The van der Waals surface area contributed by atoms with Gasteiger partial charge in [-0.05, 0) is 20.0 Å². The molecule has 0 heterocycles. The Morgan fingerprint density at radius 3 is 2.33 bits per heavy atom. The lowest BCUT2D eigenvalue weighted by Gasteiger charge is -2.29. The molecule has 0 aromatic rings. The van der Waals surface area contributed by atoms with Crippen LogP contribution >= 0.6 is 0 Å². The van der Waals surface area contributed by atoms with E-state index < -0.39 is 6.67 Å². The Morgan fingerprint density at radius 1 is 1.28 bits per heavy atom. The van der Waals surface area contributed by atoms with E-state index in [0.717, 1.165) is 18.7 Å². The summed E-state index contributed by atoms with van der Waals surface area (Å²) in [4.78, 5) is 2.13. The second-order valence-electron chi connectivity index (χ2n) is 4.40. The van der Waals surface area contributed by atoms with Gasteiger partial charge in [0.1, 0.15) is 6.67 Å². The smallest absolute Gasteiger partial charge is 0.130 e. The molecule has 0 aliphatic heterocycles. The van der Waals surface area contributed by atoms with Gasteiger partial charge in [-0.15, -0.1) is 0 Å². The van der Waals surface area contributed by atoms with E-state index in [2.05, 4.69) is 37.0 Å². The highest BCUT2D eigenvalue weighted by Crippen LogP contribution is 2.03. The molecule has 0 aromatic carbocycles. The average Bonchev–Trinajstić information content (AvgIpc) is 2.26. The molecule has 104 valence electrons. The summed E-state index contributed by atoms with van der Waals surface area (Å²) in [5, 5.41) is 1.53. The van der Waals surface area contributed by atoms with Gasteiger partial charge in [0, 0.05) is 17.9 Å². The number of hydrogen-bond donors (Lipinski definition) is 2. The van der Waals surface area contributed by atoms with Crippen LogP contribution in [0.5, 0.6) is 0 Å². The molecule has 0 unspecified atom stereocenters. The van der Waals surface area contributed by atoms with Crippen LogP contribution in [0.4, 0.5) is 4.39 Å². The van der Waals surface area contributed by atoms with Gasteiger partial charge in [0.25, 0.3) is 0 Å². The molecule has 0 radical (unpaired) electrons. The zero-order valence-electron chi connectivity index (χ0n) is 11.5. The van der Waals surface area contributed by atoms with Crippen LogP contribution in [-0.2, 0) is 0 Å². The zero-order chi connectivity index (χ0) is 14.1. The number of hydrazine groups is 1. The first-order valence-electron chi connectivity index (χ1n) is 5.98. The number of nitrogens with zero attached hydrogens (tertiary/aromatic N) is 2. The lowest BCUT2D eigenvalue weighted by atomic mass is 10.4. The number of likely N-dealkylation sites (N-methyl/N-ethyl adjacent to an activating group) is 1. The van der Waals surface area contributed by atoms with Gasteiger partial charge in [-0.1, -0.05) is 26.7 Å². The predicted molar refractivity (Wildman–Crippen MR) is 75.2 cm³/mol. The van der Waals surface area contributed by atoms with Crippen molar-refractivity contribution in [3.8, 4) is 0 Å². The van der Waals surface area contributed by atoms with E-state index in [4.69, 9.17) is 5.73 Å². The van der Waals surface area contributed by atoms with E-state index in [1.165, 1.54) is 5.01 Å². The molecule has 0 fully saturated rings. The van der Waals surface area contributed by atoms with Gasteiger partial charge in [-0.3, -0.25) is 5.01 Å². The van der Waals surface area contributed by atoms with Crippen molar-refractivity contribution in [2.24, 2.45) is 5.73 Å². The Kier molecular flexibility index (Phi) is 7.87. The molecule has 5 heteroatoms. The highest BCUT2D eigenvalue weighted by Gasteiger charge is 2.09. The molecule has 0 aliphatic rings. The summed E-state index contributed by atoms with van der Waals surface area (Å²) in [5.41, 5.74) is 10.0. The maximum absolute atomic E-state index is 12.6. The van der Waals surface area contributed by atoms with Crippen LogP contribution in [0.15, 0.2) is 36.8 Å². The lowest BCUT2D eigenvalue weighted by Crippen LogP contribution is -2.41. The van der Waals surface area contributed by atoms with E-state index in [1.807, 2.05) is 7.05 Å². The Balaban J connectivity index is 4.34. The maximum Gasteiger partial charge on any atom is 0.130 e. The molecule has 0 aliphatic carbocycles. The van der Waals surface area contributed by atoms with Crippen molar-refractivity contribution >= 4 is 0 Å². The van der Waals surface area contributed by atoms with Crippen LogP contribution < -0.4 is 11.2 Å². The van der Waals surface area contributed by atoms with Gasteiger partial charge in [0.2, 0.25) is 0 Å². The maximum atomic E-state index is 12.6. The monoisotopic (exact) mass is 256 g/mol. The number of nitrogens with one attached hydrogen (secondary N) is 1. The number of nitrogens with two attached hydrogens (primary N) is 1. The van der Waals surface area contributed by atoms with Gasteiger partial charge in [0.15, 0.2) is 0 Å². The third-order valence-electron chi connectivity index (χ3n) is 2.26. The molecule has 4 nitrogen and oxygen atoms in total. The largest absolute Gasteiger partial charge is 0.401 e. The molecule has 0 atom stereocenters. The molecule has 0 amide bonds. The first-order chi connectivity index (χ1) is 8.40. The van der Waals surface area contributed by atoms with Crippen LogP contribution in [0.1, 0.15) is 13.3 Å². The number of allylic oxidation sites excluding steroid dienone is 1. The van der Waals surface area contributed by atoms with E-state index in [-0.39, 0.29) is 0 Å². The normalized spacial score (nSPS) is 10.2. The van der Waals surface area contributed by atoms with Crippen molar-refractivity contribution in [1.29, 1.82) is 0 Å². The molecular formula is C13H25FN4. The molecule has 0 saturated heterocycles. The fraction of sp³-hybridized carbons (Fsp3) is 0.538. The van der Waals surface area contributed by atoms with Crippen molar-refractivity contribution in [3.63, 3.8) is 0 Å². The average molecular weight is 256 g/mol. The Hall–Kier alpha value is -1.49. The van der Waals surface area contributed by atoms with Gasteiger partial charge >= 0.3 is 0 Å². The topological polar surface area (TPSA) is 44.5 Å². The zero-order valence-corrected chi connectivity index (χ0v) is 11.5. The van der Waals surface area contributed by atoms with E-state index in [9.17, 15) is 4.39 Å². The fourth-order valence-corrected chi connectivity index (χ4v) is 1.52. The molecule has 18 heavy (non-hydrogen) atoms. The standard InChI is InChI=1S/C13H25FN4/c1-6-7-17(5)10-12(3)16-18(9-11(2)15)13(4)8-14/h16H,2-4,6-10,15H2,1,5H3. The summed E-state index contributed by atoms with van der Waals surface area (Å²) in [6.07, 6.45) is 1.07. The van der Waals surface area contributed by atoms with Crippen molar-refractivity contribution in [2.45, 2.75) is 13.3 Å². The molecule has 0 rings (SSSR count). The number of hydrogen-bond acceptors (Lipinski definition) is 4. The Morgan fingerprint density at radius 2 is 1.89 bits per heavy atom. The second-order valence-corrected chi connectivity index (χ2v) is 4.40. The summed E-state index contributed by atoms with van der Waals surface area (Å²) in [7, 11) is 2.01. The lowest BCUT2D eigenvalue weighted by molar-refractivity contribution is 0.253.